The van der Waals surface area contributed by atoms with Crippen molar-refractivity contribution in [1.29, 1.82) is 0 Å². The molecule has 0 saturated carbocycles. The van der Waals surface area contributed by atoms with Gasteiger partial charge in [-0.15, -0.1) is 11.3 Å². The number of fused-ring (bicyclic) bond motifs is 1. The van der Waals surface area contributed by atoms with Gasteiger partial charge in [-0.2, -0.15) is 0 Å². The van der Waals surface area contributed by atoms with Gasteiger partial charge in [-0.1, -0.05) is 36.7 Å². The highest BCUT2D eigenvalue weighted by atomic mass is 35.5. The fraction of sp³-hybridized carbons (Fsp3) is 0.231. The number of amides is 2. The molecule has 0 radical (unpaired) electrons. The molecule has 4 aromatic rings. The Kier molecular flexibility index (Phi) is 7.14. The van der Waals surface area contributed by atoms with Gasteiger partial charge in [0.15, 0.2) is 0 Å². The van der Waals surface area contributed by atoms with Crippen molar-refractivity contribution >= 4 is 50.7 Å². The molecule has 10 heteroatoms. The van der Waals surface area contributed by atoms with Crippen molar-refractivity contribution in [2.24, 2.45) is 0 Å². The van der Waals surface area contributed by atoms with E-state index in [-0.39, 0.29) is 22.7 Å². The first kappa shape index (κ1) is 25.4. The summed E-state index contributed by atoms with van der Waals surface area (Å²) in [6.07, 6.45) is 0.807. The van der Waals surface area contributed by atoms with Gasteiger partial charge in [0, 0.05) is 24.8 Å². The van der Waals surface area contributed by atoms with E-state index in [0.717, 1.165) is 27.9 Å². The standard InChI is InChI=1S/C26H25ClN4O4S/c1-5-16-9-11-19(12-10-16)31-23(33)21-15(2)22(24(34)29(3)4)36-25(21)30(26(31)35)14-20(32)28-18-8-6-7-17(27)13-18/h6-13H,5,14H2,1-4H3,(H,28,32). The van der Waals surface area contributed by atoms with Gasteiger partial charge >= 0.3 is 5.69 Å². The zero-order valence-corrected chi connectivity index (χ0v) is 21.9. The molecule has 2 aromatic carbocycles. The summed E-state index contributed by atoms with van der Waals surface area (Å²) < 4.78 is 2.30. The van der Waals surface area contributed by atoms with Crippen molar-refractivity contribution in [1.82, 2.24) is 14.0 Å². The van der Waals surface area contributed by atoms with Crippen molar-refractivity contribution in [3.8, 4) is 5.69 Å². The Bertz CT molecular complexity index is 1600. The van der Waals surface area contributed by atoms with Gasteiger partial charge in [0.05, 0.1) is 16.0 Å². The molecule has 0 fully saturated rings. The van der Waals surface area contributed by atoms with Crippen molar-refractivity contribution in [3.63, 3.8) is 0 Å². The number of benzene rings is 2. The third kappa shape index (κ3) is 4.72. The lowest BCUT2D eigenvalue weighted by Crippen LogP contribution is -2.40. The van der Waals surface area contributed by atoms with Crippen molar-refractivity contribution in [3.05, 3.63) is 90.4 Å². The van der Waals surface area contributed by atoms with Gasteiger partial charge in [0.2, 0.25) is 5.91 Å². The van der Waals surface area contributed by atoms with Crippen LogP contribution in [0.2, 0.25) is 5.02 Å². The number of hydrogen-bond acceptors (Lipinski definition) is 5. The minimum atomic E-state index is -0.664. The van der Waals surface area contributed by atoms with Crippen LogP contribution in [0.1, 0.15) is 27.7 Å². The largest absolute Gasteiger partial charge is 0.344 e. The maximum atomic E-state index is 13.7. The Balaban J connectivity index is 1.92. The van der Waals surface area contributed by atoms with Crippen LogP contribution in [-0.4, -0.2) is 39.9 Å². The predicted octanol–water partition coefficient (Wildman–Crippen LogP) is 4.08. The van der Waals surface area contributed by atoms with E-state index in [1.807, 2.05) is 19.1 Å². The van der Waals surface area contributed by atoms with Crippen LogP contribution in [0.25, 0.3) is 15.9 Å². The van der Waals surface area contributed by atoms with Crippen LogP contribution in [0.3, 0.4) is 0 Å². The summed E-state index contributed by atoms with van der Waals surface area (Å²) in [6.45, 7) is 3.34. The molecule has 0 aliphatic heterocycles. The molecule has 4 rings (SSSR count). The number of anilines is 1. The van der Waals surface area contributed by atoms with E-state index < -0.39 is 17.2 Å². The van der Waals surface area contributed by atoms with Gasteiger partial charge in [0.25, 0.3) is 11.5 Å². The Hall–Kier alpha value is -3.69. The molecular weight excluding hydrogens is 500 g/mol. The Labute approximate surface area is 216 Å². The van der Waals surface area contributed by atoms with Gasteiger partial charge in [0.1, 0.15) is 11.4 Å². The number of hydrogen-bond donors (Lipinski definition) is 1. The van der Waals surface area contributed by atoms with E-state index >= 15 is 0 Å². The normalized spacial score (nSPS) is 11.0. The highest BCUT2D eigenvalue weighted by Gasteiger charge is 2.25. The summed E-state index contributed by atoms with van der Waals surface area (Å²) in [6, 6.07) is 13.8. The van der Waals surface area contributed by atoms with Crippen molar-refractivity contribution in [2.75, 3.05) is 19.4 Å². The fourth-order valence-corrected chi connectivity index (χ4v) is 5.42. The van der Waals surface area contributed by atoms with Gasteiger partial charge in [-0.3, -0.25) is 19.0 Å². The molecule has 2 aromatic heterocycles. The average Bonchev–Trinajstić information content (AvgIpc) is 3.18. The van der Waals surface area contributed by atoms with Gasteiger partial charge < -0.3 is 10.2 Å². The highest BCUT2D eigenvalue weighted by Crippen LogP contribution is 2.29. The van der Waals surface area contributed by atoms with Crippen LogP contribution in [0.5, 0.6) is 0 Å². The van der Waals surface area contributed by atoms with E-state index in [1.165, 1.54) is 9.47 Å². The molecule has 1 N–H and O–H groups in total. The number of thiophene rings is 1. The van der Waals surface area contributed by atoms with Crippen LogP contribution >= 0.6 is 22.9 Å². The van der Waals surface area contributed by atoms with Crippen LogP contribution < -0.4 is 16.6 Å². The lowest BCUT2D eigenvalue weighted by Gasteiger charge is -2.13. The minimum absolute atomic E-state index is 0.236. The predicted molar refractivity (Wildman–Crippen MR) is 144 cm³/mol. The Morgan fingerprint density at radius 1 is 1.08 bits per heavy atom. The summed E-state index contributed by atoms with van der Waals surface area (Å²) >= 11 is 7.05. The summed E-state index contributed by atoms with van der Waals surface area (Å²) in [5.41, 5.74) is 1.20. The first-order valence-corrected chi connectivity index (χ1v) is 12.5. The number of aryl methyl sites for hydroxylation is 2. The SMILES string of the molecule is CCc1ccc(-n2c(=O)c3c(C)c(C(=O)N(C)C)sc3n(CC(=O)Nc3cccc(Cl)c3)c2=O)cc1. The minimum Gasteiger partial charge on any atom is -0.344 e. The number of aromatic nitrogens is 2. The molecule has 0 saturated heterocycles. The van der Waals surface area contributed by atoms with Gasteiger partial charge in [-0.05, 0) is 54.8 Å². The molecule has 0 atom stereocenters. The summed E-state index contributed by atoms with van der Waals surface area (Å²) in [5, 5.41) is 3.43. The molecule has 186 valence electrons. The summed E-state index contributed by atoms with van der Waals surface area (Å²) in [4.78, 5) is 55.1. The monoisotopic (exact) mass is 524 g/mol. The number of nitrogens with one attached hydrogen (secondary N) is 1. The third-order valence-corrected chi connectivity index (χ3v) is 7.36. The highest BCUT2D eigenvalue weighted by molar-refractivity contribution is 7.20. The molecule has 2 amide bonds. The van der Waals surface area contributed by atoms with E-state index in [1.54, 1.807) is 57.4 Å². The van der Waals surface area contributed by atoms with Crippen LogP contribution in [0, 0.1) is 6.92 Å². The quantitative estimate of drug-likeness (QED) is 0.411. The maximum Gasteiger partial charge on any atom is 0.337 e. The second-order valence-corrected chi connectivity index (χ2v) is 9.96. The number of rotatable bonds is 6. The van der Waals surface area contributed by atoms with Crippen LogP contribution in [0.15, 0.2) is 58.1 Å². The molecule has 2 heterocycles. The molecule has 0 aliphatic rings. The maximum absolute atomic E-state index is 13.7. The zero-order valence-electron chi connectivity index (χ0n) is 20.3. The molecule has 36 heavy (non-hydrogen) atoms. The van der Waals surface area contributed by atoms with Crippen molar-refractivity contribution < 1.29 is 9.59 Å². The summed E-state index contributed by atoms with van der Waals surface area (Å²) in [5.74, 6) is -0.756. The molecule has 0 aliphatic carbocycles. The number of nitrogens with zero attached hydrogens (tertiary/aromatic N) is 3. The summed E-state index contributed by atoms with van der Waals surface area (Å²) in [7, 11) is 3.23. The van der Waals surface area contributed by atoms with E-state index in [0.29, 0.717) is 26.8 Å². The molecular formula is C26H25ClN4O4S. The second kappa shape index (κ2) is 10.1. The molecule has 0 spiro atoms. The van der Waals surface area contributed by atoms with Crippen LogP contribution in [-0.2, 0) is 17.8 Å². The van der Waals surface area contributed by atoms with Crippen LogP contribution in [0.4, 0.5) is 5.69 Å². The number of carbonyl (C=O) groups is 2. The molecule has 8 nitrogen and oxygen atoms in total. The lowest BCUT2D eigenvalue weighted by atomic mass is 10.1. The third-order valence-electron chi connectivity index (χ3n) is 5.83. The second-order valence-electron chi connectivity index (χ2n) is 8.52. The van der Waals surface area contributed by atoms with E-state index in [4.69, 9.17) is 11.6 Å². The van der Waals surface area contributed by atoms with E-state index in [9.17, 15) is 19.2 Å². The first-order valence-electron chi connectivity index (χ1n) is 11.3. The molecule has 0 bridgehead atoms. The van der Waals surface area contributed by atoms with E-state index in [2.05, 4.69) is 5.32 Å². The Morgan fingerprint density at radius 2 is 1.78 bits per heavy atom. The van der Waals surface area contributed by atoms with Gasteiger partial charge in [-0.25, -0.2) is 9.36 Å². The average molecular weight is 525 g/mol. The van der Waals surface area contributed by atoms with Crippen molar-refractivity contribution in [2.45, 2.75) is 26.8 Å². The smallest absolute Gasteiger partial charge is 0.337 e. The topological polar surface area (TPSA) is 93.4 Å². The number of halogens is 1. The fourth-order valence-electron chi connectivity index (χ4n) is 3.91. The number of carbonyl (C=O) groups excluding carboxylic acids is 2. The first-order chi connectivity index (χ1) is 17.1. The Morgan fingerprint density at radius 3 is 2.39 bits per heavy atom. The molecule has 0 unspecified atom stereocenters. The zero-order chi connectivity index (χ0) is 26.1. The lowest BCUT2D eigenvalue weighted by molar-refractivity contribution is -0.116.